The molecule has 0 saturated carbocycles. The van der Waals surface area contributed by atoms with Crippen LogP contribution in [0.4, 0.5) is 0 Å². The molecule has 1 fully saturated rings. The second-order valence-corrected chi connectivity index (χ2v) is 8.21. The molecule has 0 aliphatic carbocycles. The summed E-state index contributed by atoms with van der Waals surface area (Å²) < 4.78 is 0. The number of primary amides is 1. The molecule has 1 aliphatic heterocycles. The predicted molar refractivity (Wildman–Crippen MR) is 114 cm³/mol. The highest BCUT2D eigenvalue weighted by atomic mass is 32.2. The van der Waals surface area contributed by atoms with E-state index in [1.807, 2.05) is 5.32 Å². The molecular formula is C18H29N5O8S. The summed E-state index contributed by atoms with van der Waals surface area (Å²) in [5.74, 6) is -5.73. The molecule has 0 aromatic rings. The van der Waals surface area contributed by atoms with Crippen molar-refractivity contribution < 1.29 is 39.0 Å². The van der Waals surface area contributed by atoms with E-state index >= 15 is 0 Å². The Labute approximate surface area is 188 Å². The summed E-state index contributed by atoms with van der Waals surface area (Å²) >= 11 is 1.43. The lowest BCUT2D eigenvalue weighted by molar-refractivity contribution is -0.144. The normalized spacial score (nSPS) is 18.1. The van der Waals surface area contributed by atoms with Crippen LogP contribution in [0.5, 0.6) is 0 Å². The lowest BCUT2D eigenvalue weighted by Crippen LogP contribution is -2.57. The minimum atomic E-state index is -1.69. The standard InChI is InChI=1S/C18H29N5O8S/c1-32-6-4-10(21-15(27)9-3-2-5-20-9)16(28)22-11(8-14(25)26)17(29)23-12(18(30)31)7-13(19)24/h9-12,20H,2-8H2,1H3,(H2,19,24)(H,21,27)(H,22,28)(H,23,29)(H,25,26)(H,30,31). The summed E-state index contributed by atoms with van der Waals surface area (Å²) in [6.45, 7) is 0.677. The molecule has 14 heteroatoms. The van der Waals surface area contributed by atoms with Crippen molar-refractivity contribution in [1.29, 1.82) is 0 Å². The molecule has 0 radical (unpaired) electrons. The van der Waals surface area contributed by atoms with Crippen molar-refractivity contribution in [1.82, 2.24) is 21.3 Å². The Bertz CT molecular complexity index is 728. The number of carbonyl (C=O) groups is 6. The van der Waals surface area contributed by atoms with E-state index in [4.69, 9.17) is 15.9 Å². The molecule has 1 aliphatic rings. The van der Waals surface area contributed by atoms with Crippen LogP contribution in [0.3, 0.4) is 0 Å². The van der Waals surface area contributed by atoms with E-state index in [9.17, 15) is 28.8 Å². The number of carboxylic acid groups (broad SMARTS) is 2. The number of nitrogens with one attached hydrogen (secondary N) is 4. The first kappa shape index (κ1) is 27.2. The minimum Gasteiger partial charge on any atom is -0.481 e. The van der Waals surface area contributed by atoms with Gasteiger partial charge >= 0.3 is 11.9 Å². The number of rotatable bonds is 14. The zero-order valence-corrected chi connectivity index (χ0v) is 18.4. The number of amides is 4. The number of hydrogen-bond acceptors (Lipinski definition) is 8. The van der Waals surface area contributed by atoms with Gasteiger partial charge in [0.25, 0.3) is 0 Å². The van der Waals surface area contributed by atoms with Gasteiger partial charge in [-0.15, -0.1) is 0 Å². The molecule has 4 unspecified atom stereocenters. The quantitative estimate of drug-likeness (QED) is 0.139. The molecule has 32 heavy (non-hydrogen) atoms. The fourth-order valence-corrected chi connectivity index (χ4v) is 3.49. The second kappa shape index (κ2) is 13.5. The monoisotopic (exact) mass is 475 g/mol. The maximum Gasteiger partial charge on any atom is 0.326 e. The number of thioether (sulfide) groups is 1. The fourth-order valence-electron chi connectivity index (χ4n) is 3.01. The van der Waals surface area contributed by atoms with Gasteiger partial charge in [0, 0.05) is 0 Å². The van der Waals surface area contributed by atoms with Crippen LogP contribution in [0.1, 0.15) is 32.1 Å². The van der Waals surface area contributed by atoms with E-state index < -0.39 is 66.7 Å². The molecule has 180 valence electrons. The van der Waals surface area contributed by atoms with E-state index in [1.165, 1.54) is 11.8 Å². The molecule has 1 rings (SSSR count). The number of hydrogen-bond donors (Lipinski definition) is 7. The van der Waals surface area contributed by atoms with E-state index in [0.29, 0.717) is 18.7 Å². The Morgan fingerprint density at radius 3 is 2.12 bits per heavy atom. The fraction of sp³-hybridized carbons (Fsp3) is 0.667. The van der Waals surface area contributed by atoms with Gasteiger partial charge in [-0.1, -0.05) is 0 Å². The summed E-state index contributed by atoms with van der Waals surface area (Å²) in [6, 6.07) is -4.79. The van der Waals surface area contributed by atoms with Crippen LogP contribution in [0.15, 0.2) is 0 Å². The number of aliphatic carboxylic acids is 2. The van der Waals surface area contributed by atoms with Crippen molar-refractivity contribution in [3.8, 4) is 0 Å². The van der Waals surface area contributed by atoms with Crippen LogP contribution < -0.4 is 27.0 Å². The largest absolute Gasteiger partial charge is 0.481 e. The number of nitrogens with two attached hydrogens (primary N) is 1. The van der Waals surface area contributed by atoms with E-state index in [2.05, 4.69) is 16.0 Å². The molecule has 0 aromatic carbocycles. The molecule has 8 N–H and O–H groups in total. The molecule has 1 saturated heterocycles. The van der Waals surface area contributed by atoms with Crippen LogP contribution in [0, 0.1) is 0 Å². The highest BCUT2D eigenvalue weighted by molar-refractivity contribution is 7.98. The maximum atomic E-state index is 12.8. The first-order chi connectivity index (χ1) is 15.0. The lowest BCUT2D eigenvalue weighted by Gasteiger charge is -2.24. The van der Waals surface area contributed by atoms with Crippen molar-refractivity contribution in [3.05, 3.63) is 0 Å². The Morgan fingerprint density at radius 2 is 1.62 bits per heavy atom. The summed E-state index contributed by atoms with van der Waals surface area (Å²) in [5, 5.41) is 28.1. The lowest BCUT2D eigenvalue weighted by atomic mass is 10.1. The van der Waals surface area contributed by atoms with Crippen molar-refractivity contribution in [2.45, 2.75) is 56.3 Å². The third kappa shape index (κ3) is 9.51. The van der Waals surface area contributed by atoms with Gasteiger partial charge in [-0.05, 0) is 37.8 Å². The molecule has 0 spiro atoms. The van der Waals surface area contributed by atoms with Gasteiger partial charge in [0.05, 0.1) is 18.9 Å². The number of carbonyl (C=O) groups excluding carboxylic acids is 4. The molecular weight excluding hydrogens is 446 g/mol. The third-order valence-electron chi connectivity index (χ3n) is 4.65. The Morgan fingerprint density at radius 1 is 1.00 bits per heavy atom. The highest BCUT2D eigenvalue weighted by Crippen LogP contribution is 2.08. The zero-order chi connectivity index (χ0) is 24.3. The predicted octanol–water partition coefficient (Wildman–Crippen LogP) is -2.62. The van der Waals surface area contributed by atoms with Gasteiger partial charge in [0.15, 0.2) is 0 Å². The van der Waals surface area contributed by atoms with Crippen molar-refractivity contribution >= 4 is 47.3 Å². The Balaban J connectivity index is 2.91. The average Bonchev–Trinajstić information content (AvgIpc) is 3.24. The summed E-state index contributed by atoms with van der Waals surface area (Å²) in [7, 11) is 0. The summed E-state index contributed by atoms with van der Waals surface area (Å²) in [4.78, 5) is 71.1. The van der Waals surface area contributed by atoms with E-state index in [1.54, 1.807) is 6.26 Å². The molecule has 4 amide bonds. The van der Waals surface area contributed by atoms with Gasteiger partial charge in [0.2, 0.25) is 23.6 Å². The van der Waals surface area contributed by atoms with Gasteiger partial charge in [-0.3, -0.25) is 24.0 Å². The average molecular weight is 476 g/mol. The van der Waals surface area contributed by atoms with Crippen LogP contribution in [0.25, 0.3) is 0 Å². The molecule has 13 nitrogen and oxygen atoms in total. The van der Waals surface area contributed by atoms with Crippen LogP contribution in [0.2, 0.25) is 0 Å². The minimum absolute atomic E-state index is 0.228. The molecule has 0 bridgehead atoms. The Kier molecular flexibility index (Phi) is 11.5. The molecule has 1 heterocycles. The highest BCUT2D eigenvalue weighted by Gasteiger charge is 2.32. The van der Waals surface area contributed by atoms with Crippen LogP contribution in [-0.2, 0) is 28.8 Å². The first-order valence-electron chi connectivity index (χ1n) is 9.91. The van der Waals surface area contributed by atoms with Gasteiger partial charge in [-0.25, -0.2) is 4.79 Å². The van der Waals surface area contributed by atoms with E-state index in [-0.39, 0.29) is 12.3 Å². The van der Waals surface area contributed by atoms with Gasteiger partial charge in [-0.2, -0.15) is 11.8 Å². The second-order valence-electron chi connectivity index (χ2n) is 7.22. The van der Waals surface area contributed by atoms with Crippen LogP contribution >= 0.6 is 11.8 Å². The van der Waals surface area contributed by atoms with Crippen molar-refractivity contribution in [2.75, 3.05) is 18.6 Å². The zero-order valence-electron chi connectivity index (χ0n) is 17.6. The molecule has 0 aromatic heterocycles. The van der Waals surface area contributed by atoms with E-state index in [0.717, 1.165) is 6.42 Å². The van der Waals surface area contributed by atoms with Crippen molar-refractivity contribution in [3.63, 3.8) is 0 Å². The van der Waals surface area contributed by atoms with Gasteiger partial charge in [0.1, 0.15) is 18.1 Å². The SMILES string of the molecule is CSCCC(NC(=O)C1CCCN1)C(=O)NC(CC(=O)O)C(=O)NC(CC(N)=O)C(=O)O. The Hall–Kier alpha value is -2.87. The topological polar surface area (TPSA) is 217 Å². The first-order valence-corrected chi connectivity index (χ1v) is 11.3. The maximum absolute atomic E-state index is 12.8. The number of carboxylic acids is 2. The summed E-state index contributed by atoms with van der Waals surface area (Å²) in [6.07, 6.45) is 1.91. The smallest absolute Gasteiger partial charge is 0.326 e. The van der Waals surface area contributed by atoms with Crippen molar-refractivity contribution in [2.24, 2.45) is 5.73 Å². The van der Waals surface area contributed by atoms with Gasteiger partial charge < -0.3 is 37.2 Å². The third-order valence-corrected chi connectivity index (χ3v) is 5.30. The summed E-state index contributed by atoms with van der Waals surface area (Å²) in [5.41, 5.74) is 4.96. The van der Waals surface area contributed by atoms with Crippen LogP contribution in [-0.4, -0.2) is 88.5 Å². The molecule has 4 atom stereocenters.